The van der Waals surface area contributed by atoms with E-state index >= 15 is 0 Å². The number of aromatic nitrogens is 2. The topological polar surface area (TPSA) is 146 Å². The summed E-state index contributed by atoms with van der Waals surface area (Å²) in [5.41, 5.74) is 13.6. The van der Waals surface area contributed by atoms with Gasteiger partial charge in [-0.25, -0.2) is 15.0 Å². The van der Waals surface area contributed by atoms with Gasteiger partial charge in [-0.05, 0) is 74.2 Å². The molecule has 1 aliphatic carbocycles. The highest BCUT2D eigenvalue weighted by molar-refractivity contribution is 7.99. The molecule has 4 rings (SSSR count). The molecule has 2 aromatic heterocycles. The number of nitrogens with two attached hydrogens (primary N) is 1. The van der Waals surface area contributed by atoms with Gasteiger partial charge in [0, 0.05) is 27.1 Å². The van der Waals surface area contributed by atoms with E-state index in [-0.39, 0.29) is 29.0 Å². The van der Waals surface area contributed by atoms with Gasteiger partial charge in [0.1, 0.15) is 11.5 Å². The van der Waals surface area contributed by atoms with Crippen LogP contribution in [0.1, 0.15) is 42.1 Å². The van der Waals surface area contributed by atoms with Gasteiger partial charge in [0.2, 0.25) is 5.91 Å². The minimum atomic E-state index is -0.421. The number of thiophene rings is 1. The molecule has 0 atom stereocenters. The first kappa shape index (κ1) is 26.2. The molecule has 1 aliphatic rings. The molecule has 2 amide bonds. The molecule has 12 heteroatoms. The second-order valence-corrected chi connectivity index (χ2v) is 10.5. The fraction of sp³-hybridized carbons (Fsp3) is 0.240. The lowest BCUT2D eigenvalue weighted by Gasteiger charge is -2.12. The van der Waals surface area contributed by atoms with Crippen LogP contribution >= 0.6 is 23.1 Å². The highest BCUT2D eigenvalue weighted by atomic mass is 32.2. The molecule has 1 aromatic carbocycles. The smallest absolute Gasteiger partial charge is 0.272 e. The second kappa shape index (κ2) is 11.9. The van der Waals surface area contributed by atoms with Crippen LogP contribution in [-0.2, 0) is 11.3 Å². The number of allylic oxidation sites excluding steroid dienone is 1. The molecule has 0 spiro atoms. The van der Waals surface area contributed by atoms with Crippen molar-refractivity contribution < 1.29 is 9.59 Å². The molecule has 2 heterocycles. The Kier molecular flexibility index (Phi) is 8.41. The van der Waals surface area contributed by atoms with Crippen LogP contribution in [0.2, 0.25) is 0 Å². The molecule has 0 aliphatic heterocycles. The molecule has 6 N–H and O–H groups in total. The predicted octanol–water partition coefficient (Wildman–Crippen LogP) is 4.23. The molecule has 192 valence electrons. The van der Waals surface area contributed by atoms with E-state index in [0.717, 1.165) is 28.3 Å². The van der Waals surface area contributed by atoms with Gasteiger partial charge < -0.3 is 21.8 Å². The Morgan fingerprint density at radius 2 is 1.92 bits per heavy atom. The van der Waals surface area contributed by atoms with Gasteiger partial charge in [-0.1, -0.05) is 12.6 Å². The zero-order chi connectivity index (χ0) is 26.4. The SMILES string of the molecule is C=C(C)NNC(C)=Nc1nc(Sc2ccc(NC(=O)C3CC3)cc2)nc(C(=O)NCc2cccs2)c1N. The Bertz CT molecular complexity index is 1320. The predicted molar refractivity (Wildman–Crippen MR) is 148 cm³/mol. The summed E-state index contributed by atoms with van der Waals surface area (Å²) in [5, 5.41) is 8.03. The van der Waals surface area contributed by atoms with Crippen LogP contribution in [0.15, 0.2) is 69.1 Å². The number of benzene rings is 1. The van der Waals surface area contributed by atoms with Crippen molar-refractivity contribution in [2.24, 2.45) is 10.9 Å². The van der Waals surface area contributed by atoms with E-state index in [0.29, 0.717) is 23.2 Å². The zero-order valence-electron chi connectivity index (χ0n) is 20.5. The maximum absolute atomic E-state index is 13.0. The van der Waals surface area contributed by atoms with E-state index in [1.807, 2.05) is 41.8 Å². The number of nitrogens with one attached hydrogen (secondary N) is 4. The summed E-state index contributed by atoms with van der Waals surface area (Å²) in [6.45, 7) is 7.66. The summed E-state index contributed by atoms with van der Waals surface area (Å²) in [6, 6.07) is 11.2. The van der Waals surface area contributed by atoms with Crippen LogP contribution in [0.4, 0.5) is 17.2 Å². The maximum atomic E-state index is 13.0. The number of rotatable bonds is 10. The third-order valence-corrected chi connectivity index (χ3v) is 6.88. The first-order valence-corrected chi connectivity index (χ1v) is 13.3. The third-order valence-electron chi connectivity index (χ3n) is 5.13. The number of hydrogen-bond donors (Lipinski definition) is 5. The van der Waals surface area contributed by atoms with Gasteiger partial charge in [0.15, 0.2) is 16.7 Å². The summed E-state index contributed by atoms with van der Waals surface area (Å²) in [6.07, 6.45) is 1.89. The quantitative estimate of drug-likeness (QED) is 0.112. The van der Waals surface area contributed by atoms with E-state index in [1.54, 1.807) is 25.2 Å². The van der Waals surface area contributed by atoms with Crippen LogP contribution in [0.3, 0.4) is 0 Å². The van der Waals surface area contributed by atoms with Crippen LogP contribution in [0.5, 0.6) is 0 Å². The number of amides is 2. The number of nitrogens with zero attached hydrogens (tertiary/aromatic N) is 3. The van der Waals surface area contributed by atoms with E-state index < -0.39 is 5.91 Å². The van der Waals surface area contributed by atoms with Crippen molar-refractivity contribution in [2.45, 2.75) is 43.3 Å². The van der Waals surface area contributed by atoms with Crippen molar-refractivity contribution in [1.29, 1.82) is 0 Å². The Balaban J connectivity index is 1.56. The van der Waals surface area contributed by atoms with E-state index in [9.17, 15) is 9.59 Å². The first-order chi connectivity index (χ1) is 17.8. The van der Waals surface area contributed by atoms with Crippen molar-refractivity contribution in [3.8, 4) is 0 Å². The molecule has 0 radical (unpaired) electrons. The van der Waals surface area contributed by atoms with E-state index in [4.69, 9.17) is 5.73 Å². The number of carbonyl (C=O) groups is 2. The fourth-order valence-electron chi connectivity index (χ4n) is 3.09. The Hall–Kier alpha value is -3.90. The van der Waals surface area contributed by atoms with Gasteiger partial charge in [-0.2, -0.15) is 0 Å². The Labute approximate surface area is 223 Å². The summed E-state index contributed by atoms with van der Waals surface area (Å²) < 4.78 is 0. The van der Waals surface area contributed by atoms with Crippen molar-refractivity contribution in [3.05, 3.63) is 64.6 Å². The van der Waals surface area contributed by atoms with Gasteiger partial charge in [-0.3, -0.25) is 15.0 Å². The average Bonchev–Trinajstić information content (AvgIpc) is 3.60. The van der Waals surface area contributed by atoms with Crippen molar-refractivity contribution in [2.75, 3.05) is 11.1 Å². The Morgan fingerprint density at radius 3 is 2.57 bits per heavy atom. The van der Waals surface area contributed by atoms with E-state index in [1.165, 1.54) is 11.8 Å². The minimum absolute atomic E-state index is 0.0433. The molecule has 0 unspecified atom stereocenters. The molecule has 0 bridgehead atoms. The lowest BCUT2D eigenvalue weighted by molar-refractivity contribution is -0.117. The standard InChI is InChI=1S/C25H28N8O2S2/c1-14(2)32-33-15(3)28-22-20(26)21(24(35)27-13-19-5-4-12-36-19)30-25(31-22)37-18-10-8-17(9-11-18)29-23(34)16-6-7-16/h4-5,8-12,16,32H,1,6-7,13,26H2,2-3H3,(H,27,35)(H,29,34)(H,28,30,31,33). The monoisotopic (exact) mass is 536 g/mol. The number of aliphatic imine (C=N–C) groups is 1. The van der Waals surface area contributed by atoms with Crippen LogP contribution < -0.4 is 27.2 Å². The van der Waals surface area contributed by atoms with Gasteiger partial charge >= 0.3 is 0 Å². The molecule has 1 fully saturated rings. The largest absolute Gasteiger partial charge is 0.394 e. The highest BCUT2D eigenvalue weighted by Crippen LogP contribution is 2.32. The van der Waals surface area contributed by atoms with Crippen LogP contribution in [0.25, 0.3) is 0 Å². The van der Waals surface area contributed by atoms with Crippen molar-refractivity contribution >= 4 is 57.9 Å². The average molecular weight is 537 g/mol. The number of carbonyl (C=O) groups excluding carboxylic acids is 2. The fourth-order valence-corrected chi connectivity index (χ4v) is 4.49. The van der Waals surface area contributed by atoms with Gasteiger partial charge in [0.25, 0.3) is 5.91 Å². The third kappa shape index (κ3) is 7.54. The van der Waals surface area contributed by atoms with Crippen LogP contribution in [0, 0.1) is 5.92 Å². The molecule has 0 saturated heterocycles. The number of anilines is 2. The number of hydrazine groups is 1. The lowest BCUT2D eigenvalue weighted by atomic mass is 10.3. The molecular formula is C25H28N8O2S2. The summed E-state index contributed by atoms with van der Waals surface area (Å²) in [7, 11) is 0. The normalized spacial score (nSPS) is 13.1. The second-order valence-electron chi connectivity index (χ2n) is 8.47. The lowest BCUT2D eigenvalue weighted by Crippen LogP contribution is -2.33. The van der Waals surface area contributed by atoms with E-state index in [2.05, 4.69) is 43.0 Å². The summed E-state index contributed by atoms with van der Waals surface area (Å²) >= 11 is 2.81. The number of nitrogen functional groups attached to an aromatic ring is 1. The van der Waals surface area contributed by atoms with Gasteiger partial charge in [0.05, 0.1) is 6.54 Å². The zero-order valence-corrected chi connectivity index (χ0v) is 22.1. The highest BCUT2D eigenvalue weighted by Gasteiger charge is 2.29. The van der Waals surface area contributed by atoms with Crippen molar-refractivity contribution in [3.63, 3.8) is 0 Å². The molecule has 1 saturated carbocycles. The van der Waals surface area contributed by atoms with Gasteiger partial charge in [-0.15, -0.1) is 11.3 Å². The molecular weight excluding hydrogens is 508 g/mol. The van der Waals surface area contributed by atoms with Crippen molar-refractivity contribution in [1.82, 2.24) is 26.1 Å². The Morgan fingerprint density at radius 1 is 1.16 bits per heavy atom. The minimum Gasteiger partial charge on any atom is -0.394 e. The molecule has 37 heavy (non-hydrogen) atoms. The number of amidine groups is 1. The summed E-state index contributed by atoms with van der Waals surface area (Å²) in [5.74, 6) is 0.401. The molecule has 3 aromatic rings. The molecule has 10 nitrogen and oxygen atoms in total. The summed E-state index contributed by atoms with van der Waals surface area (Å²) in [4.78, 5) is 40.2. The van der Waals surface area contributed by atoms with Crippen LogP contribution in [-0.4, -0.2) is 27.6 Å². The number of hydrogen-bond acceptors (Lipinski definition) is 9. The maximum Gasteiger partial charge on any atom is 0.272 e. The first-order valence-electron chi connectivity index (χ1n) is 11.6.